The Morgan fingerprint density at radius 3 is 2.65 bits per heavy atom. The van der Waals surface area contributed by atoms with E-state index in [1.54, 1.807) is 6.07 Å². The largest absolute Gasteiger partial charge is 0.370 e. The second kappa shape index (κ2) is 6.65. The molecule has 5 nitrogen and oxygen atoms in total. The number of anilines is 2. The van der Waals surface area contributed by atoms with Crippen molar-refractivity contribution >= 4 is 17.4 Å². The highest BCUT2D eigenvalue weighted by molar-refractivity contribution is 6.03. The fourth-order valence-electron chi connectivity index (χ4n) is 1.60. The third kappa shape index (κ3) is 4.05. The first-order valence-corrected chi connectivity index (χ1v) is 6.57. The molecule has 5 heteroatoms. The molecule has 0 bridgehead atoms. The second-order valence-corrected chi connectivity index (χ2v) is 4.88. The fourth-order valence-corrected chi connectivity index (χ4v) is 1.60. The lowest BCUT2D eigenvalue weighted by Crippen LogP contribution is -2.15. The maximum Gasteiger partial charge on any atom is 0.274 e. The van der Waals surface area contributed by atoms with Crippen LogP contribution < -0.4 is 10.6 Å². The molecule has 1 aromatic carbocycles. The van der Waals surface area contributed by atoms with E-state index in [0.29, 0.717) is 17.4 Å². The molecule has 2 rings (SSSR count). The number of carbonyl (C=O) groups is 1. The first-order valence-electron chi connectivity index (χ1n) is 6.57. The molecule has 1 heterocycles. The number of rotatable bonds is 5. The number of hydrogen-bond donors (Lipinski definition) is 2. The summed E-state index contributed by atoms with van der Waals surface area (Å²) in [6.07, 6.45) is 1.39. The number of hydrogen-bond acceptors (Lipinski definition) is 4. The average molecular weight is 270 g/mol. The molecule has 0 atom stereocenters. The minimum absolute atomic E-state index is 0.244. The van der Waals surface area contributed by atoms with Crippen molar-refractivity contribution in [3.05, 3.63) is 48.4 Å². The fraction of sp³-hybridized carbons (Fsp3) is 0.267. The first kappa shape index (κ1) is 14.0. The molecule has 0 saturated carbocycles. The molecular weight excluding hydrogens is 252 g/mol. The number of para-hydroxylation sites is 1. The van der Waals surface area contributed by atoms with Crippen LogP contribution in [0.1, 0.15) is 24.3 Å². The van der Waals surface area contributed by atoms with Gasteiger partial charge in [-0.25, -0.2) is 9.97 Å². The Kier molecular flexibility index (Phi) is 4.65. The van der Waals surface area contributed by atoms with Crippen LogP contribution in [0.25, 0.3) is 0 Å². The van der Waals surface area contributed by atoms with E-state index in [-0.39, 0.29) is 5.91 Å². The minimum Gasteiger partial charge on any atom is -0.370 e. The number of aromatic nitrogens is 2. The molecule has 2 aromatic rings. The number of benzene rings is 1. The van der Waals surface area contributed by atoms with Gasteiger partial charge in [0.05, 0.1) is 0 Å². The molecule has 0 aliphatic rings. The summed E-state index contributed by atoms with van der Waals surface area (Å²) in [5.41, 5.74) is 1.09. The maximum atomic E-state index is 12.1. The highest BCUT2D eigenvalue weighted by Crippen LogP contribution is 2.09. The molecule has 0 aliphatic carbocycles. The van der Waals surface area contributed by atoms with Gasteiger partial charge in [0.25, 0.3) is 5.91 Å². The van der Waals surface area contributed by atoms with Crippen molar-refractivity contribution in [2.75, 3.05) is 17.2 Å². The summed E-state index contributed by atoms with van der Waals surface area (Å²) in [4.78, 5) is 20.2. The zero-order chi connectivity index (χ0) is 14.4. The molecule has 0 aliphatic heterocycles. The summed E-state index contributed by atoms with van der Waals surface area (Å²) < 4.78 is 0. The topological polar surface area (TPSA) is 66.9 Å². The van der Waals surface area contributed by atoms with Gasteiger partial charge in [-0.05, 0) is 18.1 Å². The Hall–Kier alpha value is -2.43. The number of nitrogens with zero attached hydrogens (tertiary/aromatic N) is 2. The van der Waals surface area contributed by atoms with Gasteiger partial charge in [0.15, 0.2) is 0 Å². The van der Waals surface area contributed by atoms with Crippen LogP contribution in [0.2, 0.25) is 0 Å². The Labute approximate surface area is 118 Å². The lowest BCUT2D eigenvalue weighted by Gasteiger charge is -2.09. The Bertz CT molecular complexity index is 569. The average Bonchev–Trinajstić information content (AvgIpc) is 2.46. The zero-order valence-electron chi connectivity index (χ0n) is 11.6. The Morgan fingerprint density at radius 1 is 1.20 bits per heavy atom. The molecular formula is C15H18N4O. The molecule has 0 radical (unpaired) electrons. The van der Waals surface area contributed by atoms with E-state index in [1.807, 2.05) is 30.3 Å². The summed E-state index contributed by atoms with van der Waals surface area (Å²) in [7, 11) is 0. The van der Waals surface area contributed by atoms with Gasteiger partial charge in [-0.15, -0.1) is 0 Å². The van der Waals surface area contributed by atoms with Crippen LogP contribution >= 0.6 is 0 Å². The second-order valence-electron chi connectivity index (χ2n) is 4.88. The van der Waals surface area contributed by atoms with Gasteiger partial charge in [0, 0.05) is 18.3 Å². The minimum atomic E-state index is -0.244. The molecule has 1 aromatic heterocycles. The van der Waals surface area contributed by atoms with E-state index < -0.39 is 0 Å². The van der Waals surface area contributed by atoms with Crippen molar-refractivity contribution in [1.29, 1.82) is 0 Å². The van der Waals surface area contributed by atoms with E-state index in [1.165, 1.54) is 6.33 Å². The van der Waals surface area contributed by atoms with Crippen LogP contribution in [0.5, 0.6) is 0 Å². The van der Waals surface area contributed by atoms with Gasteiger partial charge in [0.1, 0.15) is 17.8 Å². The molecule has 0 fully saturated rings. The third-order valence-corrected chi connectivity index (χ3v) is 2.62. The van der Waals surface area contributed by atoms with Crippen molar-refractivity contribution in [2.45, 2.75) is 13.8 Å². The maximum absolute atomic E-state index is 12.1. The van der Waals surface area contributed by atoms with E-state index in [9.17, 15) is 4.79 Å². The van der Waals surface area contributed by atoms with Crippen LogP contribution in [0, 0.1) is 5.92 Å². The standard InChI is InChI=1S/C15H18N4O/c1-11(2)9-16-14-8-13(17-10-18-14)15(20)19-12-6-4-3-5-7-12/h3-8,10-11H,9H2,1-2H3,(H,19,20)(H,16,17,18). The number of nitrogens with one attached hydrogen (secondary N) is 2. The van der Waals surface area contributed by atoms with Crippen molar-refractivity contribution in [2.24, 2.45) is 5.92 Å². The van der Waals surface area contributed by atoms with E-state index >= 15 is 0 Å². The van der Waals surface area contributed by atoms with Gasteiger partial charge in [0.2, 0.25) is 0 Å². The van der Waals surface area contributed by atoms with Crippen molar-refractivity contribution in [1.82, 2.24) is 9.97 Å². The van der Waals surface area contributed by atoms with Crippen LogP contribution in [0.3, 0.4) is 0 Å². The Morgan fingerprint density at radius 2 is 1.95 bits per heavy atom. The Balaban J connectivity index is 2.04. The first-order chi connectivity index (χ1) is 9.65. The monoisotopic (exact) mass is 270 g/mol. The predicted molar refractivity (Wildman–Crippen MR) is 79.8 cm³/mol. The third-order valence-electron chi connectivity index (χ3n) is 2.62. The zero-order valence-corrected chi connectivity index (χ0v) is 11.6. The summed E-state index contributed by atoms with van der Waals surface area (Å²) >= 11 is 0. The highest BCUT2D eigenvalue weighted by atomic mass is 16.1. The van der Waals surface area contributed by atoms with Gasteiger partial charge in [-0.2, -0.15) is 0 Å². The summed E-state index contributed by atoms with van der Waals surface area (Å²) in [6.45, 7) is 5.02. The highest BCUT2D eigenvalue weighted by Gasteiger charge is 2.09. The quantitative estimate of drug-likeness (QED) is 0.876. The van der Waals surface area contributed by atoms with Crippen LogP contribution in [-0.2, 0) is 0 Å². The summed E-state index contributed by atoms with van der Waals surface area (Å²) in [6, 6.07) is 10.9. The molecule has 0 unspecified atom stereocenters. The van der Waals surface area contributed by atoms with Crippen molar-refractivity contribution in [3.63, 3.8) is 0 Å². The summed E-state index contributed by atoms with van der Waals surface area (Å²) in [5.74, 6) is 0.921. The van der Waals surface area contributed by atoms with Gasteiger partial charge in [-0.1, -0.05) is 32.0 Å². The molecule has 20 heavy (non-hydrogen) atoms. The smallest absolute Gasteiger partial charge is 0.274 e. The lowest BCUT2D eigenvalue weighted by molar-refractivity contribution is 0.102. The number of carbonyl (C=O) groups excluding carboxylic acids is 1. The molecule has 0 spiro atoms. The van der Waals surface area contributed by atoms with Gasteiger partial charge in [-0.3, -0.25) is 4.79 Å². The molecule has 2 N–H and O–H groups in total. The SMILES string of the molecule is CC(C)CNc1cc(C(=O)Nc2ccccc2)ncn1. The van der Waals surface area contributed by atoms with E-state index in [4.69, 9.17) is 0 Å². The lowest BCUT2D eigenvalue weighted by atomic mass is 10.2. The molecule has 1 amide bonds. The van der Waals surface area contributed by atoms with Crippen LogP contribution in [0.15, 0.2) is 42.7 Å². The number of amides is 1. The van der Waals surface area contributed by atoms with Crippen molar-refractivity contribution in [3.8, 4) is 0 Å². The van der Waals surface area contributed by atoms with E-state index in [0.717, 1.165) is 12.2 Å². The summed E-state index contributed by atoms with van der Waals surface area (Å²) in [5, 5.41) is 5.97. The van der Waals surface area contributed by atoms with Crippen LogP contribution in [-0.4, -0.2) is 22.4 Å². The molecule has 0 saturated heterocycles. The van der Waals surface area contributed by atoms with Gasteiger partial charge >= 0.3 is 0 Å². The predicted octanol–water partition coefficient (Wildman–Crippen LogP) is 2.80. The van der Waals surface area contributed by atoms with Gasteiger partial charge < -0.3 is 10.6 Å². The molecule has 104 valence electrons. The van der Waals surface area contributed by atoms with E-state index in [2.05, 4.69) is 34.4 Å². The normalized spacial score (nSPS) is 10.3. The van der Waals surface area contributed by atoms with Crippen LogP contribution in [0.4, 0.5) is 11.5 Å². The van der Waals surface area contributed by atoms with Crippen molar-refractivity contribution < 1.29 is 4.79 Å².